The highest BCUT2D eigenvalue weighted by Gasteiger charge is 2.31. The lowest BCUT2D eigenvalue weighted by atomic mass is 9.83. The van der Waals surface area contributed by atoms with Gasteiger partial charge in [0.05, 0.1) is 34.6 Å². The van der Waals surface area contributed by atoms with Gasteiger partial charge in [0.25, 0.3) is 0 Å². The first-order valence-electron chi connectivity index (χ1n) is 10.8. The van der Waals surface area contributed by atoms with Crippen molar-refractivity contribution < 1.29 is 19.1 Å². The monoisotopic (exact) mass is 471 g/mol. The lowest BCUT2D eigenvalue weighted by Gasteiger charge is -2.20. The Labute approximate surface area is 200 Å². The molecule has 5 rings (SSSR count). The number of fused-ring (bicyclic) bond motifs is 3. The van der Waals surface area contributed by atoms with Crippen molar-refractivity contribution in [3.05, 3.63) is 89.0 Å². The van der Waals surface area contributed by atoms with Crippen LogP contribution in [0.2, 0.25) is 0 Å². The topological polar surface area (TPSA) is 90.3 Å². The Morgan fingerprint density at radius 1 is 0.941 bits per heavy atom. The Balaban J connectivity index is 1.37. The predicted octanol–water partition coefficient (Wildman–Crippen LogP) is 4.19. The van der Waals surface area contributed by atoms with Gasteiger partial charge >= 0.3 is 0 Å². The van der Waals surface area contributed by atoms with Gasteiger partial charge in [0.2, 0.25) is 5.91 Å². The number of carbonyl (C=O) groups excluding carboxylic acids is 3. The molecule has 170 valence electrons. The fraction of sp³-hybridized carbons (Fsp3) is 0.154. The van der Waals surface area contributed by atoms with Crippen molar-refractivity contribution in [2.45, 2.75) is 11.7 Å². The summed E-state index contributed by atoms with van der Waals surface area (Å²) in [5.74, 6) is -0.681. The highest BCUT2D eigenvalue weighted by Crippen LogP contribution is 2.32. The molecule has 0 saturated carbocycles. The largest absolute Gasteiger partial charge is 0.383 e. The summed E-state index contributed by atoms with van der Waals surface area (Å²) in [4.78, 5) is 43.6. The quantitative estimate of drug-likeness (QED) is 0.358. The minimum absolute atomic E-state index is 0.0959. The first-order chi connectivity index (χ1) is 16.6. The second-order valence-electron chi connectivity index (χ2n) is 7.80. The highest BCUT2D eigenvalue weighted by molar-refractivity contribution is 7.99. The van der Waals surface area contributed by atoms with Crippen molar-refractivity contribution in [2.24, 2.45) is 0 Å². The minimum atomic E-state index is -0.289. The number of amides is 1. The molecule has 1 heterocycles. The lowest BCUT2D eigenvalue weighted by Crippen LogP contribution is -2.24. The molecule has 1 aliphatic rings. The molecule has 0 atom stereocenters. The molecule has 7 nitrogen and oxygen atoms in total. The number of nitrogens with one attached hydrogen (secondary N) is 1. The summed E-state index contributed by atoms with van der Waals surface area (Å²) in [5.41, 5.74) is 3.43. The third kappa shape index (κ3) is 3.91. The van der Waals surface area contributed by atoms with Gasteiger partial charge in [-0.1, -0.05) is 60.3 Å². The van der Waals surface area contributed by atoms with Crippen LogP contribution in [0.15, 0.2) is 71.9 Å². The normalized spacial score (nSPS) is 12.5. The number of rotatable bonds is 7. The van der Waals surface area contributed by atoms with E-state index in [9.17, 15) is 14.4 Å². The van der Waals surface area contributed by atoms with Gasteiger partial charge in [-0.2, -0.15) is 0 Å². The number of anilines is 1. The number of hydrogen-bond donors (Lipinski definition) is 1. The number of methoxy groups -OCH3 is 1. The van der Waals surface area contributed by atoms with E-state index in [4.69, 9.17) is 4.74 Å². The van der Waals surface area contributed by atoms with Crippen LogP contribution in [0, 0.1) is 0 Å². The summed E-state index contributed by atoms with van der Waals surface area (Å²) in [5, 5.41) is 3.54. The first-order valence-corrected chi connectivity index (χ1v) is 11.8. The van der Waals surface area contributed by atoms with Gasteiger partial charge in [-0.3, -0.25) is 14.4 Å². The molecule has 8 heteroatoms. The van der Waals surface area contributed by atoms with Crippen molar-refractivity contribution in [2.75, 3.05) is 24.8 Å². The van der Waals surface area contributed by atoms with Gasteiger partial charge in [0, 0.05) is 30.3 Å². The Bertz CT molecular complexity index is 1440. The zero-order chi connectivity index (χ0) is 23.7. The summed E-state index contributed by atoms with van der Waals surface area (Å²) in [6.45, 7) is 1.14. The van der Waals surface area contributed by atoms with E-state index in [1.165, 1.54) is 11.8 Å². The van der Waals surface area contributed by atoms with E-state index in [0.717, 1.165) is 11.0 Å². The molecular formula is C26H21N3O4S. The fourth-order valence-electron chi connectivity index (χ4n) is 4.13. The van der Waals surface area contributed by atoms with Crippen LogP contribution in [0.1, 0.15) is 31.8 Å². The molecule has 0 unspecified atom stereocenters. The third-order valence-corrected chi connectivity index (χ3v) is 6.67. The van der Waals surface area contributed by atoms with Gasteiger partial charge < -0.3 is 14.6 Å². The molecule has 0 spiro atoms. The number of imidazole rings is 1. The zero-order valence-corrected chi connectivity index (χ0v) is 19.2. The van der Waals surface area contributed by atoms with Crippen molar-refractivity contribution in [3.8, 4) is 0 Å². The molecular weight excluding hydrogens is 450 g/mol. The van der Waals surface area contributed by atoms with Crippen molar-refractivity contribution in [3.63, 3.8) is 0 Å². The van der Waals surface area contributed by atoms with E-state index in [2.05, 4.69) is 10.3 Å². The fourth-order valence-corrected chi connectivity index (χ4v) is 4.97. The molecule has 0 aliphatic heterocycles. The van der Waals surface area contributed by atoms with Crippen LogP contribution in [-0.4, -0.2) is 46.5 Å². The van der Waals surface area contributed by atoms with Crippen LogP contribution >= 0.6 is 11.8 Å². The number of benzene rings is 3. The third-order valence-electron chi connectivity index (χ3n) is 5.70. The maximum atomic E-state index is 13.1. The van der Waals surface area contributed by atoms with E-state index in [0.29, 0.717) is 40.7 Å². The zero-order valence-electron chi connectivity index (χ0n) is 18.4. The number of aromatic nitrogens is 2. The van der Waals surface area contributed by atoms with Crippen molar-refractivity contribution in [1.82, 2.24) is 9.55 Å². The van der Waals surface area contributed by atoms with E-state index < -0.39 is 0 Å². The minimum Gasteiger partial charge on any atom is -0.383 e. The first kappa shape index (κ1) is 22.1. The number of nitrogens with zero attached hydrogens (tertiary/aromatic N) is 2. The van der Waals surface area contributed by atoms with Crippen molar-refractivity contribution in [1.29, 1.82) is 0 Å². The average Bonchev–Trinajstić information content (AvgIpc) is 3.22. The number of ketones is 2. The molecule has 1 amide bonds. The molecule has 34 heavy (non-hydrogen) atoms. The standard InChI is InChI=1S/C26H21N3O4S/c1-33-14-13-29-21-12-5-4-10-19(21)28-26(29)34-15-22(30)27-20-11-6-9-18-23(20)25(32)17-8-3-2-7-16(17)24(18)31/h2-12H,13-15H2,1H3,(H,27,30). The smallest absolute Gasteiger partial charge is 0.234 e. The molecule has 1 N–H and O–H groups in total. The van der Waals surface area contributed by atoms with Gasteiger partial charge in [0.15, 0.2) is 16.7 Å². The molecule has 1 aromatic heterocycles. The maximum Gasteiger partial charge on any atom is 0.234 e. The molecule has 0 bridgehead atoms. The van der Waals surface area contributed by atoms with Crippen LogP contribution in [0.5, 0.6) is 0 Å². The summed E-state index contributed by atoms with van der Waals surface area (Å²) >= 11 is 1.31. The summed E-state index contributed by atoms with van der Waals surface area (Å²) in [6, 6.07) is 19.5. The van der Waals surface area contributed by atoms with Crippen LogP contribution in [0.3, 0.4) is 0 Å². The molecule has 0 radical (unpaired) electrons. The number of ether oxygens (including phenoxy) is 1. The van der Waals surface area contributed by atoms with Gasteiger partial charge in [-0.15, -0.1) is 0 Å². The number of hydrogen-bond acceptors (Lipinski definition) is 6. The average molecular weight is 472 g/mol. The van der Waals surface area contributed by atoms with E-state index in [1.54, 1.807) is 49.6 Å². The van der Waals surface area contributed by atoms with E-state index >= 15 is 0 Å². The Morgan fingerprint density at radius 3 is 2.44 bits per heavy atom. The number of para-hydroxylation sites is 2. The summed E-state index contributed by atoms with van der Waals surface area (Å²) in [7, 11) is 1.64. The van der Waals surface area contributed by atoms with Crippen LogP contribution in [0.25, 0.3) is 11.0 Å². The molecule has 3 aromatic carbocycles. The van der Waals surface area contributed by atoms with Crippen LogP contribution in [0.4, 0.5) is 5.69 Å². The second-order valence-corrected chi connectivity index (χ2v) is 8.74. The van der Waals surface area contributed by atoms with Crippen LogP contribution in [-0.2, 0) is 16.1 Å². The maximum absolute atomic E-state index is 13.1. The van der Waals surface area contributed by atoms with Gasteiger partial charge in [-0.05, 0) is 18.2 Å². The highest BCUT2D eigenvalue weighted by atomic mass is 32.2. The second kappa shape index (κ2) is 9.24. The predicted molar refractivity (Wildman–Crippen MR) is 131 cm³/mol. The van der Waals surface area contributed by atoms with Crippen molar-refractivity contribution >= 4 is 46.0 Å². The Kier molecular flexibility index (Phi) is 6.00. The number of carbonyl (C=O) groups is 3. The molecule has 0 fully saturated rings. The van der Waals surface area contributed by atoms with Gasteiger partial charge in [-0.25, -0.2) is 4.98 Å². The molecule has 1 aliphatic carbocycles. The van der Waals surface area contributed by atoms with E-state index in [1.807, 2.05) is 28.8 Å². The molecule has 0 saturated heterocycles. The van der Waals surface area contributed by atoms with Gasteiger partial charge in [0.1, 0.15) is 0 Å². The van der Waals surface area contributed by atoms with E-state index in [-0.39, 0.29) is 28.8 Å². The molecule has 4 aromatic rings. The Morgan fingerprint density at radius 2 is 1.65 bits per heavy atom. The summed E-state index contributed by atoms with van der Waals surface area (Å²) < 4.78 is 7.25. The summed E-state index contributed by atoms with van der Waals surface area (Å²) in [6.07, 6.45) is 0. The van der Waals surface area contributed by atoms with Crippen LogP contribution < -0.4 is 5.32 Å². The lowest BCUT2D eigenvalue weighted by molar-refractivity contribution is -0.113. The number of thioether (sulfide) groups is 1. The Hall–Kier alpha value is -3.75. The SMILES string of the molecule is COCCn1c(SCC(=O)Nc2cccc3c2C(=O)c2ccccc2C3=O)nc2ccccc21.